The SMILES string of the molecule is CC(=O)N(CCN)CCN(CCN)C(C)=O. The summed E-state index contributed by atoms with van der Waals surface area (Å²) in [7, 11) is 0. The summed E-state index contributed by atoms with van der Waals surface area (Å²) in [5.41, 5.74) is 10.8. The topological polar surface area (TPSA) is 92.7 Å². The number of carbonyl (C=O) groups excluding carboxylic acids is 2. The number of nitrogens with two attached hydrogens (primary N) is 2. The Balaban J connectivity index is 4.14. The van der Waals surface area contributed by atoms with E-state index in [9.17, 15) is 9.59 Å². The molecule has 4 N–H and O–H groups in total. The van der Waals surface area contributed by atoms with Gasteiger partial charge in [-0.3, -0.25) is 9.59 Å². The molecular weight excluding hydrogens is 208 g/mol. The number of rotatable bonds is 7. The van der Waals surface area contributed by atoms with Gasteiger partial charge in [-0.15, -0.1) is 0 Å². The molecule has 0 aliphatic carbocycles. The van der Waals surface area contributed by atoms with Crippen molar-refractivity contribution in [3.8, 4) is 0 Å². The summed E-state index contributed by atoms with van der Waals surface area (Å²) in [6.45, 7) is 5.89. The summed E-state index contributed by atoms with van der Waals surface area (Å²) in [6, 6.07) is 0. The summed E-state index contributed by atoms with van der Waals surface area (Å²) in [4.78, 5) is 25.7. The van der Waals surface area contributed by atoms with Crippen molar-refractivity contribution >= 4 is 11.8 Å². The third-order valence-corrected chi connectivity index (χ3v) is 2.33. The molecule has 0 unspecified atom stereocenters. The van der Waals surface area contributed by atoms with Gasteiger partial charge in [0.05, 0.1) is 0 Å². The molecule has 0 rings (SSSR count). The van der Waals surface area contributed by atoms with Crippen molar-refractivity contribution < 1.29 is 9.59 Å². The van der Waals surface area contributed by atoms with Crippen molar-refractivity contribution in [1.29, 1.82) is 0 Å². The quantitative estimate of drug-likeness (QED) is 0.562. The van der Waals surface area contributed by atoms with Gasteiger partial charge >= 0.3 is 0 Å². The van der Waals surface area contributed by atoms with Gasteiger partial charge in [-0.2, -0.15) is 0 Å². The lowest BCUT2D eigenvalue weighted by molar-refractivity contribution is -0.132. The maximum atomic E-state index is 11.2. The highest BCUT2D eigenvalue weighted by Gasteiger charge is 2.12. The fourth-order valence-corrected chi connectivity index (χ4v) is 1.41. The Labute approximate surface area is 96.5 Å². The molecule has 0 atom stereocenters. The highest BCUT2D eigenvalue weighted by Crippen LogP contribution is 1.93. The second-order valence-electron chi connectivity index (χ2n) is 3.59. The van der Waals surface area contributed by atoms with Gasteiger partial charge in [-0.1, -0.05) is 0 Å². The van der Waals surface area contributed by atoms with Gasteiger partial charge in [-0.05, 0) is 0 Å². The predicted molar refractivity (Wildman–Crippen MR) is 62.6 cm³/mol. The third-order valence-electron chi connectivity index (χ3n) is 2.33. The Morgan fingerprint density at radius 3 is 1.31 bits per heavy atom. The summed E-state index contributed by atoms with van der Waals surface area (Å²) >= 11 is 0. The van der Waals surface area contributed by atoms with Crippen LogP contribution in [0.15, 0.2) is 0 Å². The monoisotopic (exact) mass is 230 g/mol. The number of carbonyl (C=O) groups is 2. The highest BCUT2D eigenvalue weighted by molar-refractivity contribution is 5.74. The van der Waals surface area contributed by atoms with E-state index in [1.807, 2.05) is 0 Å². The molecule has 6 heteroatoms. The molecule has 0 aromatic carbocycles. The first-order chi connectivity index (χ1) is 7.52. The largest absolute Gasteiger partial charge is 0.340 e. The fourth-order valence-electron chi connectivity index (χ4n) is 1.41. The van der Waals surface area contributed by atoms with Crippen LogP contribution in [0.1, 0.15) is 13.8 Å². The van der Waals surface area contributed by atoms with Crippen molar-refractivity contribution in [2.24, 2.45) is 11.5 Å². The Bertz CT molecular complexity index is 209. The lowest BCUT2D eigenvalue weighted by atomic mass is 10.4. The summed E-state index contributed by atoms with van der Waals surface area (Å²) in [5.74, 6) is -0.0524. The Kier molecular flexibility index (Phi) is 7.49. The lowest BCUT2D eigenvalue weighted by Crippen LogP contribution is -2.43. The molecular formula is C10H22N4O2. The molecule has 0 saturated carbocycles. The molecule has 0 aromatic rings. The minimum Gasteiger partial charge on any atom is -0.340 e. The molecule has 0 aromatic heterocycles. The predicted octanol–water partition coefficient (Wildman–Crippen LogP) is -1.40. The zero-order valence-corrected chi connectivity index (χ0v) is 10.1. The Hall–Kier alpha value is -1.14. The van der Waals surface area contributed by atoms with E-state index in [2.05, 4.69) is 0 Å². The van der Waals surface area contributed by atoms with Crippen LogP contribution in [0, 0.1) is 0 Å². The summed E-state index contributed by atoms with van der Waals surface area (Å²) in [6.07, 6.45) is 0. The molecule has 16 heavy (non-hydrogen) atoms. The molecule has 0 saturated heterocycles. The van der Waals surface area contributed by atoms with E-state index in [0.717, 1.165) is 0 Å². The molecule has 2 amide bonds. The van der Waals surface area contributed by atoms with Crippen molar-refractivity contribution in [2.75, 3.05) is 39.3 Å². The third kappa shape index (κ3) is 5.67. The standard InChI is InChI=1S/C10H22N4O2/c1-9(15)13(5-3-11)7-8-14(6-4-12)10(2)16/h3-8,11-12H2,1-2H3. The zero-order chi connectivity index (χ0) is 12.6. The van der Waals surface area contributed by atoms with E-state index in [-0.39, 0.29) is 11.8 Å². The molecule has 0 spiro atoms. The van der Waals surface area contributed by atoms with Gasteiger partial charge < -0.3 is 21.3 Å². The molecule has 0 radical (unpaired) electrons. The maximum absolute atomic E-state index is 11.2. The van der Waals surface area contributed by atoms with Gasteiger partial charge in [-0.25, -0.2) is 0 Å². The molecule has 94 valence electrons. The van der Waals surface area contributed by atoms with Crippen LogP contribution in [-0.2, 0) is 9.59 Å². The molecule has 0 aliphatic rings. The number of hydrogen-bond donors (Lipinski definition) is 2. The summed E-state index contributed by atoms with van der Waals surface area (Å²) < 4.78 is 0. The van der Waals surface area contributed by atoms with E-state index in [0.29, 0.717) is 39.3 Å². The average Bonchev–Trinajstić information content (AvgIpc) is 2.21. The highest BCUT2D eigenvalue weighted by atomic mass is 16.2. The molecule has 0 fully saturated rings. The van der Waals surface area contributed by atoms with E-state index in [1.54, 1.807) is 9.80 Å². The molecule has 0 heterocycles. The molecule has 0 bridgehead atoms. The minimum atomic E-state index is -0.0262. The second kappa shape index (κ2) is 8.06. The fraction of sp³-hybridized carbons (Fsp3) is 0.800. The zero-order valence-electron chi connectivity index (χ0n) is 10.1. The lowest BCUT2D eigenvalue weighted by Gasteiger charge is -2.25. The first-order valence-electron chi connectivity index (χ1n) is 5.44. The summed E-state index contributed by atoms with van der Waals surface area (Å²) in [5, 5.41) is 0. The van der Waals surface area contributed by atoms with Gasteiger partial charge in [0.25, 0.3) is 0 Å². The van der Waals surface area contributed by atoms with Gasteiger partial charge in [0, 0.05) is 53.1 Å². The smallest absolute Gasteiger partial charge is 0.219 e. The Morgan fingerprint density at radius 1 is 0.812 bits per heavy atom. The van der Waals surface area contributed by atoms with E-state index in [4.69, 9.17) is 11.5 Å². The number of nitrogens with zero attached hydrogens (tertiary/aromatic N) is 2. The van der Waals surface area contributed by atoms with Gasteiger partial charge in [0.2, 0.25) is 11.8 Å². The first-order valence-corrected chi connectivity index (χ1v) is 5.44. The normalized spacial score (nSPS) is 10.0. The first kappa shape index (κ1) is 14.9. The van der Waals surface area contributed by atoms with Crippen molar-refractivity contribution in [3.05, 3.63) is 0 Å². The van der Waals surface area contributed by atoms with Crippen LogP contribution in [-0.4, -0.2) is 60.9 Å². The van der Waals surface area contributed by atoms with Crippen LogP contribution in [0.2, 0.25) is 0 Å². The van der Waals surface area contributed by atoms with E-state index >= 15 is 0 Å². The van der Waals surface area contributed by atoms with Crippen LogP contribution in [0.4, 0.5) is 0 Å². The number of hydrogen-bond acceptors (Lipinski definition) is 4. The van der Waals surface area contributed by atoms with E-state index in [1.165, 1.54) is 13.8 Å². The van der Waals surface area contributed by atoms with Crippen LogP contribution in [0.3, 0.4) is 0 Å². The molecule has 0 aliphatic heterocycles. The van der Waals surface area contributed by atoms with Crippen molar-refractivity contribution in [1.82, 2.24) is 9.80 Å². The van der Waals surface area contributed by atoms with Crippen LogP contribution >= 0.6 is 0 Å². The number of amides is 2. The van der Waals surface area contributed by atoms with E-state index < -0.39 is 0 Å². The van der Waals surface area contributed by atoms with Crippen molar-refractivity contribution in [2.45, 2.75) is 13.8 Å². The van der Waals surface area contributed by atoms with Crippen molar-refractivity contribution in [3.63, 3.8) is 0 Å². The van der Waals surface area contributed by atoms with Crippen LogP contribution < -0.4 is 11.5 Å². The average molecular weight is 230 g/mol. The van der Waals surface area contributed by atoms with Gasteiger partial charge in [0.1, 0.15) is 0 Å². The Morgan fingerprint density at radius 2 is 1.12 bits per heavy atom. The van der Waals surface area contributed by atoms with Gasteiger partial charge in [0.15, 0.2) is 0 Å². The van der Waals surface area contributed by atoms with Crippen LogP contribution in [0.5, 0.6) is 0 Å². The second-order valence-corrected chi connectivity index (χ2v) is 3.59. The molecule has 6 nitrogen and oxygen atoms in total. The van der Waals surface area contributed by atoms with Crippen LogP contribution in [0.25, 0.3) is 0 Å². The maximum Gasteiger partial charge on any atom is 0.219 e. The minimum absolute atomic E-state index is 0.0262.